The van der Waals surface area contributed by atoms with Gasteiger partial charge in [0.1, 0.15) is 11.6 Å². The fourth-order valence-electron chi connectivity index (χ4n) is 6.47. The second-order valence-electron chi connectivity index (χ2n) is 13.2. The predicted octanol–water partition coefficient (Wildman–Crippen LogP) is 3.00. The molecule has 13 heteroatoms. The summed E-state index contributed by atoms with van der Waals surface area (Å²) >= 11 is 0. The van der Waals surface area contributed by atoms with E-state index in [9.17, 15) is 22.8 Å². The molecule has 1 aliphatic heterocycles. The standard InChI is InChI=1S/C33H41N5O7S/c1-32(14-15-32)46(42,43)37-30(41)33-20-22(33)13-9-4-5-10-16-38(2)29(40)25-18-23(17-24(25)28(39)36-33)45-27-19-26(34-31(35-27)44-3)21-11-7-6-8-12-21/h6-9,11-13,19,22-25H,4-5,10,14-18,20H2,1-3H3,(H,36,39)(H,37,41)/b13-9-/t22-,23-,24-,25-,33-/m1/s1. The Hall–Kier alpha value is -4.00. The Morgan fingerprint density at radius 3 is 2.54 bits per heavy atom. The van der Waals surface area contributed by atoms with Crippen LogP contribution in [0.4, 0.5) is 0 Å². The monoisotopic (exact) mass is 651 g/mol. The van der Waals surface area contributed by atoms with Gasteiger partial charge in [0.15, 0.2) is 0 Å². The van der Waals surface area contributed by atoms with Gasteiger partial charge in [-0.15, -0.1) is 0 Å². The first kappa shape index (κ1) is 32.0. The van der Waals surface area contributed by atoms with Crippen LogP contribution in [0.2, 0.25) is 0 Å². The van der Waals surface area contributed by atoms with Crippen LogP contribution in [0.25, 0.3) is 11.3 Å². The van der Waals surface area contributed by atoms with Gasteiger partial charge >= 0.3 is 6.01 Å². The van der Waals surface area contributed by atoms with Gasteiger partial charge in [-0.1, -0.05) is 42.5 Å². The number of carbonyl (C=O) groups excluding carboxylic acids is 3. The minimum Gasteiger partial charge on any atom is -0.474 e. The normalized spacial score (nSPS) is 29.8. The molecule has 1 aromatic heterocycles. The van der Waals surface area contributed by atoms with E-state index in [4.69, 9.17) is 9.47 Å². The molecular weight excluding hydrogens is 610 g/mol. The first-order valence-corrected chi connectivity index (χ1v) is 17.4. The summed E-state index contributed by atoms with van der Waals surface area (Å²) < 4.78 is 38.8. The molecule has 0 unspecified atom stereocenters. The smallest absolute Gasteiger partial charge is 0.320 e. The van der Waals surface area contributed by atoms with Crippen molar-refractivity contribution in [3.8, 4) is 23.1 Å². The van der Waals surface area contributed by atoms with Gasteiger partial charge in [0.05, 0.1) is 29.4 Å². The van der Waals surface area contributed by atoms with Crippen molar-refractivity contribution in [2.45, 2.75) is 74.7 Å². The topological polar surface area (TPSA) is 157 Å². The number of aromatic nitrogens is 2. The summed E-state index contributed by atoms with van der Waals surface area (Å²) in [7, 11) is -0.703. The second kappa shape index (κ2) is 12.3. The Morgan fingerprint density at radius 2 is 1.83 bits per heavy atom. The first-order valence-electron chi connectivity index (χ1n) is 15.9. The van der Waals surface area contributed by atoms with Crippen LogP contribution in [0.5, 0.6) is 11.9 Å². The van der Waals surface area contributed by atoms with E-state index in [1.165, 1.54) is 7.11 Å². The lowest BCUT2D eigenvalue weighted by molar-refractivity contribution is -0.140. The number of benzene rings is 1. The number of nitrogens with zero attached hydrogens (tertiary/aromatic N) is 3. The highest BCUT2D eigenvalue weighted by atomic mass is 32.2. The highest BCUT2D eigenvalue weighted by Gasteiger charge is 2.63. The zero-order chi connectivity index (χ0) is 32.7. The Morgan fingerprint density at radius 1 is 1.09 bits per heavy atom. The lowest BCUT2D eigenvalue weighted by Crippen LogP contribution is -2.55. The summed E-state index contributed by atoms with van der Waals surface area (Å²) in [6, 6.07) is 11.3. The number of methoxy groups -OCH3 is 1. The number of rotatable bonds is 7. The van der Waals surface area contributed by atoms with E-state index in [2.05, 4.69) is 20.0 Å². The van der Waals surface area contributed by atoms with Gasteiger partial charge in [-0.25, -0.2) is 8.42 Å². The zero-order valence-electron chi connectivity index (χ0n) is 26.4. The van der Waals surface area contributed by atoms with Crippen molar-refractivity contribution >= 4 is 27.7 Å². The molecular formula is C33H41N5O7S. The third-order valence-corrected chi connectivity index (χ3v) is 12.0. The van der Waals surface area contributed by atoms with Crippen molar-refractivity contribution in [2.75, 3.05) is 20.7 Å². The predicted molar refractivity (Wildman–Crippen MR) is 169 cm³/mol. The van der Waals surface area contributed by atoms with Crippen molar-refractivity contribution in [3.63, 3.8) is 0 Å². The molecule has 3 saturated carbocycles. The first-order chi connectivity index (χ1) is 21.9. The van der Waals surface area contributed by atoms with Crippen LogP contribution in [0, 0.1) is 17.8 Å². The fourth-order valence-corrected chi connectivity index (χ4v) is 7.79. The molecule has 0 radical (unpaired) electrons. The molecule has 0 bridgehead atoms. The van der Waals surface area contributed by atoms with Gasteiger partial charge in [-0.05, 0) is 58.3 Å². The molecule has 5 atom stereocenters. The summed E-state index contributed by atoms with van der Waals surface area (Å²) in [4.78, 5) is 51.9. The van der Waals surface area contributed by atoms with E-state index in [1.54, 1.807) is 24.9 Å². The third-order valence-electron chi connectivity index (χ3n) is 9.85. The Balaban J connectivity index is 1.26. The van der Waals surface area contributed by atoms with Crippen molar-refractivity contribution < 1.29 is 32.3 Å². The molecule has 12 nitrogen and oxygen atoms in total. The lowest BCUT2D eigenvalue weighted by atomic mass is 9.93. The van der Waals surface area contributed by atoms with Crippen molar-refractivity contribution in [2.24, 2.45) is 17.8 Å². The number of fused-ring (bicyclic) bond motifs is 2. The molecule has 2 N–H and O–H groups in total. The largest absolute Gasteiger partial charge is 0.474 e. The molecule has 3 fully saturated rings. The summed E-state index contributed by atoms with van der Waals surface area (Å²) in [5.74, 6) is -2.96. The van der Waals surface area contributed by atoms with Gasteiger partial charge in [-0.2, -0.15) is 9.97 Å². The maximum absolute atomic E-state index is 14.0. The number of amides is 3. The zero-order valence-corrected chi connectivity index (χ0v) is 27.2. The number of allylic oxidation sites excluding steroid dienone is 1. The maximum Gasteiger partial charge on any atom is 0.320 e. The van der Waals surface area contributed by atoms with Gasteiger partial charge in [0.25, 0.3) is 5.91 Å². The molecule has 4 aliphatic rings. The highest BCUT2D eigenvalue weighted by molar-refractivity contribution is 7.91. The number of ether oxygens (including phenoxy) is 2. The summed E-state index contributed by atoms with van der Waals surface area (Å²) in [6.45, 7) is 2.16. The number of hydrogen-bond acceptors (Lipinski definition) is 9. The van der Waals surface area contributed by atoms with Crippen LogP contribution in [0.3, 0.4) is 0 Å². The molecule has 3 aliphatic carbocycles. The van der Waals surface area contributed by atoms with Crippen LogP contribution in [0.15, 0.2) is 48.6 Å². The minimum atomic E-state index is -3.91. The van der Waals surface area contributed by atoms with Crippen molar-refractivity contribution in [1.29, 1.82) is 0 Å². The van der Waals surface area contributed by atoms with Crippen molar-refractivity contribution in [1.82, 2.24) is 24.9 Å². The van der Waals surface area contributed by atoms with E-state index in [-0.39, 0.29) is 43.0 Å². The number of hydrogen-bond donors (Lipinski definition) is 2. The number of sulfonamides is 1. The molecule has 3 amide bonds. The molecule has 46 heavy (non-hydrogen) atoms. The Labute approximate surface area is 269 Å². The van der Waals surface area contributed by atoms with Gasteiger partial charge in [0, 0.05) is 31.1 Å². The summed E-state index contributed by atoms with van der Waals surface area (Å²) in [6.07, 6.45) is 7.42. The van der Waals surface area contributed by atoms with Crippen LogP contribution < -0.4 is 19.5 Å². The number of carbonyl (C=O) groups is 3. The SMILES string of the molecule is COc1nc(O[C@@H]2C[C@H]3C(=O)N[C@]4(C(=O)NS(=O)(=O)C5(C)CC5)C[C@H]4/C=C\CCCCN(C)C(=O)[C@@H]3C2)cc(-c2ccccc2)n1. The Kier molecular flexibility index (Phi) is 8.55. The van der Waals surface area contributed by atoms with Gasteiger partial charge in [0.2, 0.25) is 27.7 Å². The summed E-state index contributed by atoms with van der Waals surface area (Å²) in [5.41, 5.74) is 0.0421. The molecule has 1 aromatic carbocycles. The van der Waals surface area contributed by atoms with Crippen LogP contribution in [0.1, 0.15) is 58.3 Å². The molecule has 0 saturated heterocycles. The van der Waals surface area contributed by atoms with Gasteiger partial charge in [-0.3, -0.25) is 19.1 Å². The highest BCUT2D eigenvalue weighted by Crippen LogP contribution is 2.48. The van der Waals surface area contributed by atoms with E-state index in [0.717, 1.165) is 24.8 Å². The maximum atomic E-state index is 14.0. The molecule has 2 aromatic rings. The van der Waals surface area contributed by atoms with Crippen LogP contribution in [-0.4, -0.2) is 78.1 Å². The van der Waals surface area contributed by atoms with E-state index in [1.807, 2.05) is 42.5 Å². The molecule has 6 rings (SSSR count). The van der Waals surface area contributed by atoms with E-state index < -0.39 is 50.1 Å². The molecule has 2 heterocycles. The quantitative estimate of drug-likeness (QED) is 0.430. The molecule has 0 spiro atoms. The third kappa shape index (κ3) is 6.33. The van der Waals surface area contributed by atoms with E-state index in [0.29, 0.717) is 25.1 Å². The van der Waals surface area contributed by atoms with Crippen molar-refractivity contribution in [3.05, 3.63) is 48.6 Å². The molecule has 246 valence electrons. The average Bonchev–Trinajstić information content (AvgIpc) is 3.92. The lowest BCUT2D eigenvalue weighted by Gasteiger charge is -2.27. The Bertz CT molecular complexity index is 1640. The average molecular weight is 652 g/mol. The fraction of sp³-hybridized carbons (Fsp3) is 0.545. The second-order valence-corrected chi connectivity index (χ2v) is 15.4. The van der Waals surface area contributed by atoms with Crippen LogP contribution in [-0.2, 0) is 24.4 Å². The van der Waals surface area contributed by atoms with Crippen LogP contribution >= 0.6 is 0 Å². The summed E-state index contributed by atoms with van der Waals surface area (Å²) in [5, 5.41) is 2.92. The minimum absolute atomic E-state index is 0.123. The van der Waals surface area contributed by atoms with Gasteiger partial charge < -0.3 is 19.7 Å². The number of nitrogens with one attached hydrogen (secondary N) is 2. The van der Waals surface area contributed by atoms with E-state index >= 15 is 0 Å².